The van der Waals surface area contributed by atoms with Crippen molar-refractivity contribution in [3.05, 3.63) is 35.4 Å². The minimum Gasteiger partial charge on any atom is -0.309 e. The molecule has 0 heterocycles. The molecule has 0 aromatic heterocycles. The fraction of sp³-hybridized carbons (Fsp3) is 0.625. The highest BCUT2D eigenvalue weighted by Crippen LogP contribution is 2.23. The van der Waals surface area contributed by atoms with E-state index in [1.54, 1.807) is 13.8 Å². The third-order valence-electron chi connectivity index (χ3n) is 3.80. The van der Waals surface area contributed by atoms with Crippen LogP contribution in [0.2, 0.25) is 0 Å². The number of rotatable bonds is 8. The van der Waals surface area contributed by atoms with Gasteiger partial charge in [-0.2, -0.15) is 0 Å². The van der Waals surface area contributed by atoms with E-state index in [1.165, 1.54) is 5.56 Å². The van der Waals surface area contributed by atoms with Crippen LogP contribution in [0.3, 0.4) is 0 Å². The standard InChI is InChI=1S/C16H27NO2S/c1-5-12-17-16(13(4)20(18,19)7-3)15-10-8-14(6-2)9-11-15/h8-11,13,16-17H,5-7,12H2,1-4H3. The third kappa shape index (κ3) is 4.32. The number of hydrogen-bond donors (Lipinski definition) is 1. The lowest BCUT2D eigenvalue weighted by atomic mass is 10.0. The van der Waals surface area contributed by atoms with Gasteiger partial charge in [0.1, 0.15) is 0 Å². The van der Waals surface area contributed by atoms with Crippen molar-refractivity contribution in [1.82, 2.24) is 5.32 Å². The second-order valence-corrected chi connectivity index (χ2v) is 7.83. The first-order valence-corrected chi connectivity index (χ1v) is 9.21. The molecule has 1 aromatic carbocycles. The van der Waals surface area contributed by atoms with Gasteiger partial charge in [-0.1, -0.05) is 45.0 Å². The molecule has 1 rings (SSSR count). The van der Waals surface area contributed by atoms with Crippen molar-refractivity contribution in [2.45, 2.75) is 51.8 Å². The van der Waals surface area contributed by atoms with Crippen LogP contribution in [-0.4, -0.2) is 26.0 Å². The molecule has 0 radical (unpaired) electrons. The number of sulfone groups is 1. The Morgan fingerprint density at radius 2 is 1.70 bits per heavy atom. The highest BCUT2D eigenvalue weighted by atomic mass is 32.2. The molecule has 4 heteroatoms. The Bertz CT molecular complexity index is 494. The van der Waals surface area contributed by atoms with Gasteiger partial charge in [0, 0.05) is 11.8 Å². The Kier molecular flexibility index (Phi) is 6.69. The minimum atomic E-state index is -3.05. The average molecular weight is 297 g/mol. The molecule has 3 nitrogen and oxygen atoms in total. The van der Waals surface area contributed by atoms with Gasteiger partial charge < -0.3 is 5.32 Å². The average Bonchev–Trinajstić information content (AvgIpc) is 2.48. The fourth-order valence-electron chi connectivity index (χ4n) is 2.29. The molecular weight excluding hydrogens is 270 g/mol. The molecule has 0 amide bonds. The summed E-state index contributed by atoms with van der Waals surface area (Å²) >= 11 is 0. The van der Waals surface area contributed by atoms with E-state index in [2.05, 4.69) is 31.3 Å². The van der Waals surface area contributed by atoms with Gasteiger partial charge in [-0.3, -0.25) is 0 Å². The van der Waals surface area contributed by atoms with E-state index in [0.717, 1.165) is 24.9 Å². The van der Waals surface area contributed by atoms with E-state index < -0.39 is 15.1 Å². The summed E-state index contributed by atoms with van der Waals surface area (Å²) in [5, 5.41) is 2.97. The summed E-state index contributed by atoms with van der Waals surface area (Å²) in [6, 6.07) is 8.13. The zero-order chi connectivity index (χ0) is 15.2. The number of aryl methyl sites for hydroxylation is 1. The van der Waals surface area contributed by atoms with Gasteiger partial charge in [-0.25, -0.2) is 8.42 Å². The molecule has 0 spiro atoms. The molecule has 0 aliphatic heterocycles. The van der Waals surface area contributed by atoms with E-state index in [-0.39, 0.29) is 11.8 Å². The molecule has 1 N–H and O–H groups in total. The van der Waals surface area contributed by atoms with E-state index >= 15 is 0 Å². The zero-order valence-corrected chi connectivity index (χ0v) is 13.8. The van der Waals surface area contributed by atoms with E-state index in [0.29, 0.717) is 0 Å². The van der Waals surface area contributed by atoms with E-state index in [9.17, 15) is 8.42 Å². The first kappa shape index (κ1) is 17.2. The van der Waals surface area contributed by atoms with Crippen LogP contribution in [0.25, 0.3) is 0 Å². The largest absolute Gasteiger partial charge is 0.309 e. The van der Waals surface area contributed by atoms with Crippen LogP contribution in [0.5, 0.6) is 0 Å². The smallest absolute Gasteiger partial charge is 0.154 e. The molecule has 0 aliphatic carbocycles. The Balaban J connectivity index is 3.04. The lowest BCUT2D eigenvalue weighted by molar-refractivity contribution is 0.498. The van der Waals surface area contributed by atoms with Crippen molar-refractivity contribution in [1.29, 1.82) is 0 Å². The Morgan fingerprint density at radius 1 is 1.10 bits per heavy atom. The summed E-state index contributed by atoms with van der Waals surface area (Å²) in [6.45, 7) is 8.54. The topological polar surface area (TPSA) is 46.2 Å². The van der Waals surface area contributed by atoms with Gasteiger partial charge in [0.15, 0.2) is 9.84 Å². The summed E-state index contributed by atoms with van der Waals surface area (Å²) in [5.74, 6) is 0.186. The maximum atomic E-state index is 12.2. The lowest BCUT2D eigenvalue weighted by Crippen LogP contribution is -2.36. The summed E-state index contributed by atoms with van der Waals surface area (Å²) < 4.78 is 24.3. The monoisotopic (exact) mass is 297 g/mol. The molecule has 1 aromatic rings. The SMILES string of the molecule is CCCNC(c1ccc(CC)cc1)C(C)S(=O)(=O)CC. The number of nitrogens with one attached hydrogen (secondary N) is 1. The van der Waals surface area contributed by atoms with Gasteiger partial charge >= 0.3 is 0 Å². The van der Waals surface area contributed by atoms with Gasteiger partial charge in [-0.15, -0.1) is 0 Å². The molecule has 114 valence electrons. The Morgan fingerprint density at radius 3 is 2.15 bits per heavy atom. The molecule has 0 bridgehead atoms. The van der Waals surface area contributed by atoms with Crippen LogP contribution in [0.1, 0.15) is 51.3 Å². The molecule has 0 aliphatic rings. The highest BCUT2D eigenvalue weighted by molar-refractivity contribution is 7.92. The first-order valence-electron chi connectivity index (χ1n) is 7.50. The quantitative estimate of drug-likeness (QED) is 0.802. The van der Waals surface area contributed by atoms with Gasteiger partial charge in [-0.05, 0) is 37.4 Å². The Hall–Kier alpha value is -0.870. The second-order valence-electron chi connectivity index (χ2n) is 5.18. The molecular formula is C16H27NO2S. The molecule has 0 saturated carbocycles. The van der Waals surface area contributed by atoms with Crippen molar-refractivity contribution >= 4 is 9.84 Å². The fourth-order valence-corrected chi connectivity index (χ4v) is 3.48. The zero-order valence-electron chi connectivity index (χ0n) is 13.0. The number of hydrogen-bond acceptors (Lipinski definition) is 3. The molecule has 0 fully saturated rings. The minimum absolute atomic E-state index is 0.134. The van der Waals surface area contributed by atoms with Gasteiger partial charge in [0.2, 0.25) is 0 Å². The Labute approximate surface area is 123 Å². The van der Waals surface area contributed by atoms with Gasteiger partial charge in [0.25, 0.3) is 0 Å². The van der Waals surface area contributed by atoms with Crippen LogP contribution < -0.4 is 5.32 Å². The maximum absolute atomic E-state index is 12.2. The molecule has 2 atom stereocenters. The van der Waals surface area contributed by atoms with Crippen LogP contribution in [0.15, 0.2) is 24.3 Å². The summed E-state index contributed by atoms with van der Waals surface area (Å²) in [6.07, 6.45) is 1.98. The van der Waals surface area contributed by atoms with E-state index in [4.69, 9.17) is 0 Å². The second kappa shape index (κ2) is 7.79. The van der Waals surface area contributed by atoms with Crippen molar-refractivity contribution in [3.8, 4) is 0 Å². The lowest BCUT2D eigenvalue weighted by Gasteiger charge is -2.25. The van der Waals surface area contributed by atoms with Crippen molar-refractivity contribution in [2.75, 3.05) is 12.3 Å². The highest BCUT2D eigenvalue weighted by Gasteiger charge is 2.28. The molecule has 20 heavy (non-hydrogen) atoms. The maximum Gasteiger partial charge on any atom is 0.154 e. The third-order valence-corrected chi connectivity index (χ3v) is 6.01. The van der Waals surface area contributed by atoms with Crippen molar-refractivity contribution in [2.24, 2.45) is 0 Å². The predicted octanol–water partition coefficient (Wildman–Crippen LogP) is 3.11. The van der Waals surface area contributed by atoms with Crippen LogP contribution in [-0.2, 0) is 16.3 Å². The first-order chi connectivity index (χ1) is 9.46. The summed E-state index contributed by atoms with van der Waals surface area (Å²) in [5.41, 5.74) is 2.33. The predicted molar refractivity (Wildman–Crippen MR) is 85.8 cm³/mol. The van der Waals surface area contributed by atoms with Crippen LogP contribution in [0, 0.1) is 0 Å². The molecule has 0 saturated heterocycles. The van der Waals surface area contributed by atoms with Crippen molar-refractivity contribution in [3.63, 3.8) is 0 Å². The van der Waals surface area contributed by atoms with Crippen LogP contribution >= 0.6 is 0 Å². The van der Waals surface area contributed by atoms with Crippen LogP contribution in [0.4, 0.5) is 0 Å². The molecule has 2 unspecified atom stereocenters. The van der Waals surface area contributed by atoms with Crippen molar-refractivity contribution < 1.29 is 8.42 Å². The number of benzene rings is 1. The summed E-state index contributed by atoms with van der Waals surface area (Å²) in [7, 11) is -3.05. The van der Waals surface area contributed by atoms with E-state index in [1.807, 2.05) is 12.1 Å². The van der Waals surface area contributed by atoms with Gasteiger partial charge in [0.05, 0.1) is 5.25 Å². The normalized spacial score (nSPS) is 15.0. The summed E-state index contributed by atoms with van der Waals surface area (Å²) in [4.78, 5) is 0.